The first-order valence-electron chi connectivity index (χ1n) is 3.51. The molecular formula is C7H7N4S+. The van der Waals surface area contributed by atoms with Crippen LogP contribution in [-0.4, -0.2) is 10.2 Å². The monoisotopic (exact) mass is 179 g/mol. The van der Waals surface area contributed by atoms with E-state index in [-0.39, 0.29) is 5.50 Å². The van der Waals surface area contributed by atoms with E-state index >= 15 is 0 Å². The van der Waals surface area contributed by atoms with Crippen molar-refractivity contribution in [3.8, 4) is 0 Å². The van der Waals surface area contributed by atoms with E-state index in [4.69, 9.17) is 0 Å². The van der Waals surface area contributed by atoms with Crippen LogP contribution in [0, 0.1) is 0 Å². The van der Waals surface area contributed by atoms with Crippen LogP contribution < -0.4 is 0 Å². The zero-order valence-corrected chi connectivity index (χ0v) is 7.09. The molecule has 0 saturated heterocycles. The lowest BCUT2D eigenvalue weighted by Gasteiger charge is -1.97. The second kappa shape index (κ2) is 3.02. The summed E-state index contributed by atoms with van der Waals surface area (Å²) in [6, 6.07) is 9.68. The zero-order chi connectivity index (χ0) is 8.39. The van der Waals surface area contributed by atoms with Gasteiger partial charge in [-0.15, -0.1) is 12.6 Å². The molecule has 0 N–H and O–H groups in total. The standard InChI is InChI=1S/C7H6N4S/c12-7-8-9-10-11(7)6-4-2-1-3-5-6/h1-5,7H/p+1. The van der Waals surface area contributed by atoms with Gasteiger partial charge in [-0.2, -0.15) is 0 Å². The lowest BCUT2D eigenvalue weighted by atomic mass is 10.3. The second-order valence-corrected chi connectivity index (χ2v) is 2.78. The molecule has 0 bridgehead atoms. The van der Waals surface area contributed by atoms with Gasteiger partial charge in [0.1, 0.15) is 0 Å². The van der Waals surface area contributed by atoms with E-state index in [0.717, 1.165) is 5.69 Å². The molecule has 1 atom stereocenters. The predicted molar refractivity (Wildman–Crippen MR) is 46.4 cm³/mol. The van der Waals surface area contributed by atoms with Gasteiger partial charge in [0, 0.05) is 5.11 Å². The summed E-state index contributed by atoms with van der Waals surface area (Å²) in [6.45, 7) is 0. The van der Waals surface area contributed by atoms with E-state index in [0.29, 0.717) is 0 Å². The number of rotatable bonds is 1. The summed E-state index contributed by atoms with van der Waals surface area (Å²) in [5.41, 5.74) is 0.662. The third kappa shape index (κ3) is 1.23. The van der Waals surface area contributed by atoms with E-state index in [1.807, 2.05) is 30.3 Å². The van der Waals surface area contributed by atoms with Gasteiger partial charge in [-0.1, -0.05) is 22.9 Å². The topological polar surface area (TPSA) is 40.1 Å². The van der Waals surface area contributed by atoms with Gasteiger partial charge in [-0.25, -0.2) is 0 Å². The molecule has 1 unspecified atom stereocenters. The Hall–Kier alpha value is -1.23. The minimum absolute atomic E-state index is 0.285. The van der Waals surface area contributed by atoms with Crippen LogP contribution in [-0.2, 0) is 0 Å². The quantitative estimate of drug-likeness (QED) is 0.508. The average molecular weight is 179 g/mol. The fraction of sp³-hybridized carbons (Fsp3) is 0.143. The third-order valence-electron chi connectivity index (χ3n) is 1.53. The van der Waals surface area contributed by atoms with E-state index in [1.165, 1.54) is 0 Å². The largest absolute Gasteiger partial charge is 0.302 e. The lowest BCUT2D eigenvalue weighted by Crippen LogP contribution is -2.07. The SMILES string of the molecule is SC1N=NN=[N+]1c1ccccc1. The van der Waals surface area contributed by atoms with Crippen molar-refractivity contribution in [3.63, 3.8) is 0 Å². The highest BCUT2D eigenvalue weighted by Crippen LogP contribution is 2.20. The highest BCUT2D eigenvalue weighted by molar-refractivity contribution is 7.80. The van der Waals surface area contributed by atoms with Gasteiger partial charge in [0.05, 0.1) is 0 Å². The van der Waals surface area contributed by atoms with E-state index in [9.17, 15) is 0 Å². The highest BCUT2D eigenvalue weighted by Gasteiger charge is 2.23. The third-order valence-corrected chi connectivity index (χ3v) is 1.85. The van der Waals surface area contributed by atoms with Crippen molar-refractivity contribution >= 4 is 18.3 Å². The van der Waals surface area contributed by atoms with Gasteiger partial charge in [-0.3, -0.25) is 0 Å². The molecule has 1 aliphatic heterocycles. The van der Waals surface area contributed by atoms with Crippen LogP contribution in [0.4, 0.5) is 5.69 Å². The van der Waals surface area contributed by atoms with Gasteiger partial charge in [0.15, 0.2) is 10.9 Å². The minimum Gasteiger partial charge on any atom is -0.101 e. The van der Waals surface area contributed by atoms with Crippen LogP contribution in [0.3, 0.4) is 0 Å². The van der Waals surface area contributed by atoms with Crippen LogP contribution in [0.15, 0.2) is 45.9 Å². The average Bonchev–Trinajstić information content (AvgIpc) is 2.53. The maximum Gasteiger partial charge on any atom is 0.302 e. The molecule has 5 heteroatoms. The molecule has 12 heavy (non-hydrogen) atoms. The number of hydrogen-bond acceptors (Lipinski definition) is 4. The summed E-state index contributed by atoms with van der Waals surface area (Å²) in [6.07, 6.45) is 0. The van der Waals surface area contributed by atoms with Crippen LogP contribution >= 0.6 is 12.6 Å². The molecule has 0 amide bonds. The number of thiol groups is 1. The van der Waals surface area contributed by atoms with Crippen LogP contribution in [0.5, 0.6) is 0 Å². The number of nitrogens with zero attached hydrogens (tertiary/aromatic N) is 4. The Morgan fingerprint density at radius 1 is 1.25 bits per heavy atom. The van der Waals surface area contributed by atoms with Crippen molar-refractivity contribution in [1.29, 1.82) is 0 Å². The van der Waals surface area contributed by atoms with Crippen LogP contribution in [0.1, 0.15) is 0 Å². The molecule has 1 aromatic rings. The van der Waals surface area contributed by atoms with E-state index in [1.54, 1.807) is 4.70 Å². The molecule has 0 aliphatic carbocycles. The number of benzene rings is 1. The van der Waals surface area contributed by atoms with E-state index in [2.05, 4.69) is 28.2 Å². The first-order chi connectivity index (χ1) is 5.88. The fourth-order valence-electron chi connectivity index (χ4n) is 0.973. The molecule has 0 fully saturated rings. The fourth-order valence-corrected chi connectivity index (χ4v) is 1.20. The Morgan fingerprint density at radius 2 is 2.00 bits per heavy atom. The van der Waals surface area contributed by atoms with Gasteiger partial charge in [0.25, 0.3) is 0 Å². The smallest absolute Gasteiger partial charge is 0.101 e. The molecule has 0 spiro atoms. The Labute approximate surface area is 75.0 Å². The Balaban J connectivity index is 2.34. The molecule has 4 nitrogen and oxygen atoms in total. The molecule has 1 aromatic carbocycles. The molecule has 60 valence electrons. The van der Waals surface area contributed by atoms with Gasteiger partial charge < -0.3 is 0 Å². The molecule has 2 rings (SSSR count). The van der Waals surface area contributed by atoms with Crippen molar-refractivity contribution in [2.75, 3.05) is 0 Å². The lowest BCUT2D eigenvalue weighted by molar-refractivity contribution is -0.515. The Bertz CT molecular complexity index is 333. The molecule has 0 saturated carbocycles. The van der Waals surface area contributed by atoms with Crippen molar-refractivity contribution in [2.45, 2.75) is 5.50 Å². The molecule has 0 radical (unpaired) electrons. The predicted octanol–water partition coefficient (Wildman–Crippen LogP) is 2.38. The number of hydrogen-bond donors (Lipinski definition) is 1. The Morgan fingerprint density at radius 3 is 2.58 bits per heavy atom. The first kappa shape index (κ1) is 7.42. The van der Waals surface area contributed by atoms with Gasteiger partial charge >= 0.3 is 5.50 Å². The Kier molecular flexibility index (Phi) is 1.87. The summed E-state index contributed by atoms with van der Waals surface area (Å²) < 4.78 is 1.64. The summed E-state index contributed by atoms with van der Waals surface area (Å²) in [4.78, 5) is 0. The maximum absolute atomic E-state index is 4.17. The summed E-state index contributed by atoms with van der Waals surface area (Å²) in [7, 11) is 0. The molecule has 1 heterocycles. The summed E-state index contributed by atoms with van der Waals surface area (Å²) in [5, 5.41) is 11.1. The first-order valence-corrected chi connectivity index (χ1v) is 4.03. The van der Waals surface area contributed by atoms with Crippen LogP contribution in [0.2, 0.25) is 0 Å². The van der Waals surface area contributed by atoms with Crippen molar-refractivity contribution in [2.24, 2.45) is 15.6 Å². The van der Waals surface area contributed by atoms with Crippen LogP contribution in [0.25, 0.3) is 0 Å². The molecule has 0 aromatic heterocycles. The van der Waals surface area contributed by atoms with E-state index < -0.39 is 0 Å². The normalized spacial score (nSPS) is 21.1. The van der Waals surface area contributed by atoms with Crippen molar-refractivity contribution in [3.05, 3.63) is 30.3 Å². The highest BCUT2D eigenvalue weighted by atomic mass is 32.1. The molecular weight excluding hydrogens is 172 g/mol. The maximum atomic E-state index is 4.17. The van der Waals surface area contributed by atoms with Crippen molar-refractivity contribution in [1.82, 2.24) is 0 Å². The summed E-state index contributed by atoms with van der Waals surface area (Å²) in [5.74, 6) is 0. The van der Waals surface area contributed by atoms with Crippen molar-refractivity contribution < 1.29 is 4.70 Å². The second-order valence-electron chi connectivity index (χ2n) is 2.32. The summed E-state index contributed by atoms with van der Waals surface area (Å²) >= 11 is 4.17. The van der Waals surface area contributed by atoms with Gasteiger partial charge in [0.2, 0.25) is 5.22 Å². The molecule has 1 aliphatic rings. The van der Waals surface area contributed by atoms with Gasteiger partial charge in [-0.05, 0) is 12.1 Å². The number of para-hydroxylation sites is 1. The zero-order valence-electron chi connectivity index (χ0n) is 6.20. The minimum atomic E-state index is -0.285.